The summed E-state index contributed by atoms with van der Waals surface area (Å²) in [6.45, 7) is 5.40. The molecule has 0 bridgehead atoms. The van der Waals surface area contributed by atoms with Crippen LogP contribution < -0.4 is 10.6 Å². The van der Waals surface area contributed by atoms with Crippen molar-refractivity contribution in [1.29, 1.82) is 0 Å². The van der Waals surface area contributed by atoms with Crippen molar-refractivity contribution in [2.24, 2.45) is 0 Å². The Labute approximate surface area is 183 Å². The molecule has 0 radical (unpaired) electrons. The highest BCUT2D eigenvalue weighted by atomic mass is 32.1. The molecule has 2 amide bonds. The smallest absolute Gasteiger partial charge is 0.338 e. The van der Waals surface area contributed by atoms with Crippen LogP contribution in [0.25, 0.3) is 0 Å². The fourth-order valence-corrected chi connectivity index (χ4v) is 3.99. The SMILES string of the molecule is COC(=O)c1cc(NC(=O)c2sc(NC(=O)c3cccc(F)c3)cc2C)cc(C)c1C. The summed E-state index contributed by atoms with van der Waals surface area (Å²) in [4.78, 5) is 37.6. The number of hydrogen-bond donors (Lipinski definition) is 2. The van der Waals surface area contributed by atoms with Crippen molar-refractivity contribution in [2.45, 2.75) is 20.8 Å². The van der Waals surface area contributed by atoms with Gasteiger partial charge in [0.15, 0.2) is 0 Å². The predicted octanol–water partition coefficient (Wildman–Crippen LogP) is 5.10. The van der Waals surface area contributed by atoms with Crippen LogP contribution in [0.2, 0.25) is 0 Å². The van der Waals surface area contributed by atoms with Crippen molar-refractivity contribution in [3.05, 3.63) is 81.0 Å². The quantitative estimate of drug-likeness (QED) is 0.541. The van der Waals surface area contributed by atoms with E-state index in [0.717, 1.165) is 28.5 Å². The van der Waals surface area contributed by atoms with Crippen molar-refractivity contribution < 1.29 is 23.5 Å². The molecule has 1 heterocycles. The first-order valence-corrected chi connectivity index (χ1v) is 10.2. The molecule has 0 spiro atoms. The number of amides is 2. The van der Waals surface area contributed by atoms with Crippen LogP contribution in [-0.2, 0) is 4.74 Å². The highest BCUT2D eigenvalue weighted by Gasteiger charge is 2.18. The monoisotopic (exact) mass is 440 g/mol. The maximum Gasteiger partial charge on any atom is 0.338 e. The van der Waals surface area contributed by atoms with Gasteiger partial charge < -0.3 is 15.4 Å². The highest BCUT2D eigenvalue weighted by molar-refractivity contribution is 7.18. The minimum absolute atomic E-state index is 0.183. The summed E-state index contributed by atoms with van der Waals surface area (Å²) in [6.07, 6.45) is 0. The number of aryl methyl sites for hydroxylation is 2. The molecule has 0 saturated heterocycles. The number of halogens is 1. The molecule has 0 atom stereocenters. The predicted molar refractivity (Wildman–Crippen MR) is 119 cm³/mol. The zero-order valence-electron chi connectivity index (χ0n) is 17.5. The normalized spacial score (nSPS) is 10.5. The second-order valence-corrected chi connectivity index (χ2v) is 8.05. The van der Waals surface area contributed by atoms with E-state index in [-0.39, 0.29) is 11.5 Å². The number of benzene rings is 2. The van der Waals surface area contributed by atoms with Gasteiger partial charge in [-0.3, -0.25) is 9.59 Å². The third-order valence-corrected chi connectivity index (χ3v) is 5.93. The molecule has 0 aliphatic heterocycles. The molecule has 0 unspecified atom stereocenters. The van der Waals surface area contributed by atoms with Gasteiger partial charge in [-0.15, -0.1) is 11.3 Å². The van der Waals surface area contributed by atoms with Gasteiger partial charge in [-0.05, 0) is 73.9 Å². The lowest BCUT2D eigenvalue weighted by Crippen LogP contribution is -2.13. The molecular weight excluding hydrogens is 419 g/mol. The van der Waals surface area contributed by atoms with E-state index in [0.29, 0.717) is 26.7 Å². The van der Waals surface area contributed by atoms with Crippen LogP contribution >= 0.6 is 11.3 Å². The summed E-state index contributed by atoms with van der Waals surface area (Å²) in [5.41, 5.74) is 3.32. The van der Waals surface area contributed by atoms with Crippen LogP contribution in [0.5, 0.6) is 0 Å². The second kappa shape index (κ2) is 9.09. The molecular formula is C23H21FN2O4S. The average Bonchev–Trinajstić information content (AvgIpc) is 3.10. The number of carbonyl (C=O) groups excluding carboxylic acids is 3. The summed E-state index contributed by atoms with van der Waals surface area (Å²) in [7, 11) is 1.30. The summed E-state index contributed by atoms with van der Waals surface area (Å²) >= 11 is 1.11. The Morgan fingerprint density at radius 3 is 2.35 bits per heavy atom. The first-order chi connectivity index (χ1) is 14.7. The van der Waals surface area contributed by atoms with Crippen molar-refractivity contribution >= 4 is 39.8 Å². The Kier molecular flexibility index (Phi) is 6.50. The first-order valence-electron chi connectivity index (χ1n) is 9.38. The average molecular weight is 440 g/mol. The Balaban J connectivity index is 1.79. The van der Waals surface area contributed by atoms with Gasteiger partial charge in [0.1, 0.15) is 5.82 Å². The molecule has 8 heteroatoms. The molecule has 1 aromatic heterocycles. The van der Waals surface area contributed by atoms with E-state index < -0.39 is 17.7 Å². The van der Waals surface area contributed by atoms with Gasteiger partial charge in [0, 0.05) is 11.3 Å². The van der Waals surface area contributed by atoms with Crippen LogP contribution in [-0.4, -0.2) is 24.9 Å². The van der Waals surface area contributed by atoms with Gasteiger partial charge in [-0.2, -0.15) is 0 Å². The summed E-state index contributed by atoms with van der Waals surface area (Å²) in [6, 6.07) is 10.4. The highest BCUT2D eigenvalue weighted by Crippen LogP contribution is 2.29. The van der Waals surface area contributed by atoms with Crippen molar-refractivity contribution in [3.63, 3.8) is 0 Å². The molecule has 2 N–H and O–H groups in total. The molecule has 0 aliphatic carbocycles. The zero-order chi connectivity index (χ0) is 22.7. The number of ether oxygens (including phenoxy) is 1. The Bertz CT molecular complexity index is 1190. The lowest BCUT2D eigenvalue weighted by Gasteiger charge is -2.11. The number of hydrogen-bond acceptors (Lipinski definition) is 5. The summed E-state index contributed by atoms with van der Waals surface area (Å²) in [5.74, 6) is -1.82. The molecule has 0 fully saturated rings. The molecule has 160 valence electrons. The van der Waals surface area contributed by atoms with Gasteiger partial charge in [-0.25, -0.2) is 9.18 Å². The van der Waals surface area contributed by atoms with E-state index in [9.17, 15) is 18.8 Å². The van der Waals surface area contributed by atoms with Crippen molar-refractivity contribution in [3.8, 4) is 0 Å². The number of anilines is 2. The van der Waals surface area contributed by atoms with E-state index in [1.165, 1.54) is 25.3 Å². The van der Waals surface area contributed by atoms with Crippen LogP contribution in [0.15, 0.2) is 42.5 Å². The summed E-state index contributed by atoms with van der Waals surface area (Å²) in [5, 5.41) is 5.94. The molecule has 0 aliphatic rings. The summed E-state index contributed by atoms with van der Waals surface area (Å²) < 4.78 is 18.1. The Hall–Kier alpha value is -3.52. The largest absolute Gasteiger partial charge is 0.465 e. The zero-order valence-corrected chi connectivity index (χ0v) is 18.3. The molecule has 31 heavy (non-hydrogen) atoms. The van der Waals surface area contributed by atoms with Crippen LogP contribution in [0.1, 0.15) is 47.1 Å². The number of rotatable bonds is 5. The first kappa shape index (κ1) is 22.2. The Morgan fingerprint density at radius 1 is 0.935 bits per heavy atom. The third kappa shape index (κ3) is 4.97. The van der Waals surface area contributed by atoms with Gasteiger partial charge in [0.25, 0.3) is 11.8 Å². The van der Waals surface area contributed by atoms with Crippen LogP contribution in [0.3, 0.4) is 0 Å². The Morgan fingerprint density at radius 2 is 1.68 bits per heavy atom. The maximum absolute atomic E-state index is 13.3. The molecule has 2 aromatic carbocycles. The van der Waals surface area contributed by atoms with E-state index >= 15 is 0 Å². The van der Waals surface area contributed by atoms with Crippen molar-refractivity contribution in [2.75, 3.05) is 17.7 Å². The van der Waals surface area contributed by atoms with E-state index in [1.807, 2.05) is 13.8 Å². The maximum atomic E-state index is 13.3. The van der Waals surface area contributed by atoms with E-state index in [2.05, 4.69) is 10.6 Å². The number of carbonyl (C=O) groups is 3. The molecule has 3 aromatic rings. The van der Waals surface area contributed by atoms with E-state index in [4.69, 9.17) is 4.74 Å². The van der Waals surface area contributed by atoms with Gasteiger partial charge in [-0.1, -0.05) is 6.07 Å². The number of esters is 1. The molecule has 6 nitrogen and oxygen atoms in total. The molecule has 3 rings (SSSR count). The number of thiophene rings is 1. The minimum Gasteiger partial charge on any atom is -0.465 e. The molecule has 0 saturated carbocycles. The van der Waals surface area contributed by atoms with Gasteiger partial charge in [0.2, 0.25) is 0 Å². The van der Waals surface area contributed by atoms with Gasteiger partial charge in [0.05, 0.1) is 22.6 Å². The number of nitrogens with one attached hydrogen (secondary N) is 2. The fraction of sp³-hybridized carbons (Fsp3) is 0.174. The minimum atomic E-state index is -0.505. The van der Waals surface area contributed by atoms with Crippen molar-refractivity contribution in [1.82, 2.24) is 0 Å². The topological polar surface area (TPSA) is 84.5 Å². The van der Waals surface area contributed by atoms with Crippen LogP contribution in [0, 0.1) is 26.6 Å². The number of methoxy groups -OCH3 is 1. The second-order valence-electron chi connectivity index (χ2n) is 7.00. The lowest BCUT2D eigenvalue weighted by atomic mass is 10.0. The lowest BCUT2D eigenvalue weighted by molar-refractivity contribution is 0.0599. The third-order valence-electron chi connectivity index (χ3n) is 4.78. The van der Waals surface area contributed by atoms with E-state index in [1.54, 1.807) is 25.1 Å². The van der Waals surface area contributed by atoms with Crippen LogP contribution in [0.4, 0.5) is 15.1 Å². The standard InChI is InChI=1S/C23H21FN2O4S/c1-12-8-17(11-18(14(12)3)23(29)30-4)25-22(28)20-13(2)9-19(31-20)26-21(27)15-6-5-7-16(24)10-15/h5-11H,1-4H3,(H,25,28)(H,26,27). The van der Waals surface area contributed by atoms with Gasteiger partial charge >= 0.3 is 5.97 Å². The fourth-order valence-electron chi connectivity index (χ4n) is 3.02.